The number of amides is 1. The number of piperazine rings is 1. The molecule has 2 fully saturated rings. The second-order valence-electron chi connectivity index (χ2n) is 6.57. The fraction of sp³-hybridized carbons (Fsp3) is 0.611. The highest BCUT2D eigenvalue weighted by molar-refractivity contribution is 5.80. The van der Waals surface area contributed by atoms with E-state index in [0.29, 0.717) is 13.2 Å². The lowest BCUT2D eigenvalue weighted by molar-refractivity contribution is -0.130. The van der Waals surface area contributed by atoms with Crippen LogP contribution in [-0.2, 0) is 22.6 Å². The maximum absolute atomic E-state index is 12.1. The van der Waals surface area contributed by atoms with Crippen molar-refractivity contribution in [2.75, 3.05) is 39.8 Å². The Labute approximate surface area is 138 Å². The molecule has 0 radical (unpaired) electrons. The summed E-state index contributed by atoms with van der Waals surface area (Å²) in [6, 6.07) is 8.41. The lowest BCUT2D eigenvalue weighted by Crippen LogP contribution is -2.44. The second-order valence-corrected chi connectivity index (χ2v) is 6.57. The Bertz CT molecular complexity index is 521. The van der Waals surface area contributed by atoms with Gasteiger partial charge in [0.1, 0.15) is 6.10 Å². The first-order chi connectivity index (χ1) is 11.2. The number of ether oxygens (including phenoxy) is 1. The van der Waals surface area contributed by atoms with Crippen molar-refractivity contribution in [3.05, 3.63) is 35.4 Å². The highest BCUT2D eigenvalue weighted by atomic mass is 16.5. The molecule has 126 valence electrons. The van der Waals surface area contributed by atoms with Crippen molar-refractivity contribution in [1.29, 1.82) is 0 Å². The van der Waals surface area contributed by atoms with E-state index < -0.39 is 0 Å². The minimum Gasteiger partial charge on any atom is -0.368 e. The Morgan fingerprint density at radius 1 is 1.22 bits per heavy atom. The summed E-state index contributed by atoms with van der Waals surface area (Å²) in [5.41, 5.74) is 2.52. The van der Waals surface area contributed by atoms with Gasteiger partial charge in [-0.15, -0.1) is 0 Å². The normalized spacial score (nSPS) is 23.1. The van der Waals surface area contributed by atoms with Crippen LogP contribution in [0.25, 0.3) is 0 Å². The van der Waals surface area contributed by atoms with Crippen LogP contribution in [-0.4, -0.2) is 61.6 Å². The third-order valence-corrected chi connectivity index (χ3v) is 4.78. The fourth-order valence-electron chi connectivity index (χ4n) is 3.21. The third-order valence-electron chi connectivity index (χ3n) is 4.78. The van der Waals surface area contributed by atoms with Crippen LogP contribution in [0, 0.1) is 0 Å². The molecule has 1 N–H and O–H groups in total. The molecule has 2 heterocycles. The Morgan fingerprint density at radius 3 is 2.65 bits per heavy atom. The molecule has 23 heavy (non-hydrogen) atoms. The summed E-state index contributed by atoms with van der Waals surface area (Å²) in [6.07, 6.45) is 1.58. The molecule has 1 unspecified atom stereocenters. The van der Waals surface area contributed by atoms with Gasteiger partial charge in [-0.3, -0.25) is 9.69 Å². The number of rotatable bonds is 5. The number of likely N-dealkylation sites (N-methyl/N-ethyl adjacent to an activating group) is 1. The monoisotopic (exact) mass is 317 g/mol. The van der Waals surface area contributed by atoms with Gasteiger partial charge in [0.15, 0.2) is 0 Å². The molecule has 0 saturated carbocycles. The predicted molar refractivity (Wildman–Crippen MR) is 90.0 cm³/mol. The number of hydrogen-bond donors (Lipinski definition) is 1. The summed E-state index contributed by atoms with van der Waals surface area (Å²) >= 11 is 0. The molecule has 2 aliphatic rings. The number of carbonyl (C=O) groups excluding carboxylic acids is 1. The van der Waals surface area contributed by atoms with Gasteiger partial charge in [0.2, 0.25) is 5.91 Å². The zero-order valence-corrected chi connectivity index (χ0v) is 14.0. The summed E-state index contributed by atoms with van der Waals surface area (Å²) in [5, 5.41) is 3.03. The number of hydrogen-bond acceptors (Lipinski definition) is 4. The molecule has 0 aliphatic carbocycles. The Balaban J connectivity index is 1.55. The largest absolute Gasteiger partial charge is 0.368 e. The molecule has 1 aromatic rings. The second kappa shape index (κ2) is 7.90. The van der Waals surface area contributed by atoms with Crippen molar-refractivity contribution in [2.24, 2.45) is 0 Å². The molecule has 1 amide bonds. The van der Waals surface area contributed by atoms with Gasteiger partial charge in [-0.25, -0.2) is 0 Å². The molecular weight excluding hydrogens is 290 g/mol. The van der Waals surface area contributed by atoms with Gasteiger partial charge in [0.25, 0.3) is 0 Å². The maximum atomic E-state index is 12.1. The first kappa shape index (κ1) is 16.4. The summed E-state index contributed by atoms with van der Waals surface area (Å²) in [4.78, 5) is 17.0. The lowest BCUT2D eigenvalue weighted by Gasteiger charge is -2.32. The van der Waals surface area contributed by atoms with E-state index in [0.717, 1.165) is 45.6 Å². The molecule has 5 nitrogen and oxygen atoms in total. The number of benzene rings is 1. The molecule has 0 spiro atoms. The van der Waals surface area contributed by atoms with Gasteiger partial charge in [-0.2, -0.15) is 0 Å². The van der Waals surface area contributed by atoms with Crippen LogP contribution in [0.15, 0.2) is 24.3 Å². The van der Waals surface area contributed by atoms with Crippen molar-refractivity contribution >= 4 is 5.91 Å². The zero-order valence-electron chi connectivity index (χ0n) is 14.0. The maximum Gasteiger partial charge on any atom is 0.249 e. The van der Waals surface area contributed by atoms with Gasteiger partial charge in [-0.1, -0.05) is 24.3 Å². The van der Waals surface area contributed by atoms with Crippen LogP contribution in [0.1, 0.15) is 24.0 Å². The van der Waals surface area contributed by atoms with E-state index >= 15 is 0 Å². The molecule has 0 aromatic heterocycles. The molecule has 2 aliphatic heterocycles. The highest BCUT2D eigenvalue weighted by Gasteiger charge is 2.23. The number of carbonyl (C=O) groups is 1. The molecule has 0 bridgehead atoms. The van der Waals surface area contributed by atoms with Gasteiger partial charge in [0, 0.05) is 45.9 Å². The average molecular weight is 317 g/mol. The summed E-state index contributed by atoms with van der Waals surface area (Å²) in [5.74, 6) is 0.0249. The summed E-state index contributed by atoms with van der Waals surface area (Å²) < 4.78 is 5.44. The SMILES string of the molecule is CN1CCN(Cc2ccccc2CNC(=O)C2CCCO2)CC1. The third kappa shape index (κ3) is 4.53. The number of nitrogens with zero attached hydrogens (tertiary/aromatic N) is 2. The van der Waals surface area contributed by atoms with Crippen LogP contribution < -0.4 is 5.32 Å². The van der Waals surface area contributed by atoms with E-state index in [1.807, 2.05) is 6.07 Å². The first-order valence-corrected chi connectivity index (χ1v) is 8.59. The zero-order chi connectivity index (χ0) is 16.1. The molecule has 2 saturated heterocycles. The molecule has 1 aromatic carbocycles. The minimum atomic E-state index is -0.250. The van der Waals surface area contributed by atoms with Crippen molar-refractivity contribution in [2.45, 2.75) is 32.0 Å². The van der Waals surface area contributed by atoms with Gasteiger partial charge >= 0.3 is 0 Å². The first-order valence-electron chi connectivity index (χ1n) is 8.59. The van der Waals surface area contributed by atoms with Crippen molar-refractivity contribution in [3.63, 3.8) is 0 Å². The van der Waals surface area contributed by atoms with E-state index in [2.05, 4.69) is 40.4 Å². The van der Waals surface area contributed by atoms with E-state index in [9.17, 15) is 4.79 Å². The molecule has 3 rings (SSSR count). The van der Waals surface area contributed by atoms with E-state index in [1.165, 1.54) is 11.1 Å². The number of nitrogens with one attached hydrogen (secondary N) is 1. The van der Waals surface area contributed by atoms with Crippen molar-refractivity contribution in [1.82, 2.24) is 15.1 Å². The Morgan fingerprint density at radius 2 is 1.96 bits per heavy atom. The topological polar surface area (TPSA) is 44.8 Å². The van der Waals surface area contributed by atoms with Crippen LogP contribution >= 0.6 is 0 Å². The van der Waals surface area contributed by atoms with Crippen LogP contribution in [0.4, 0.5) is 0 Å². The molecule has 1 atom stereocenters. The smallest absolute Gasteiger partial charge is 0.249 e. The van der Waals surface area contributed by atoms with Gasteiger partial charge in [0.05, 0.1) is 0 Å². The van der Waals surface area contributed by atoms with Crippen molar-refractivity contribution in [3.8, 4) is 0 Å². The standard InChI is InChI=1S/C18H27N3O2/c1-20-8-10-21(11-9-20)14-16-6-3-2-5-15(16)13-19-18(22)17-7-4-12-23-17/h2-3,5-6,17H,4,7-14H2,1H3,(H,19,22). The Hall–Kier alpha value is -1.43. The van der Waals surface area contributed by atoms with Crippen LogP contribution in [0.3, 0.4) is 0 Å². The molecular formula is C18H27N3O2. The predicted octanol–water partition coefficient (Wildman–Crippen LogP) is 1.23. The lowest BCUT2D eigenvalue weighted by atomic mass is 10.1. The minimum absolute atomic E-state index is 0.0249. The van der Waals surface area contributed by atoms with E-state index in [-0.39, 0.29) is 12.0 Å². The average Bonchev–Trinajstić information content (AvgIpc) is 3.10. The highest BCUT2D eigenvalue weighted by Crippen LogP contribution is 2.15. The molecule has 5 heteroatoms. The summed E-state index contributed by atoms with van der Waals surface area (Å²) in [6.45, 7) is 6.70. The van der Waals surface area contributed by atoms with Crippen molar-refractivity contribution < 1.29 is 9.53 Å². The van der Waals surface area contributed by atoms with Gasteiger partial charge in [-0.05, 0) is 31.0 Å². The van der Waals surface area contributed by atoms with E-state index in [4.69, 9.17) is 4.74 Å². The Kier molecular flexibility index (Phi) is 5.65. The van der Waals surface area contributed by atoms with E-state index in [1.54, 1.807) is 0 Å². The van der Waals surface area contributed by atoms with Crippen LogP contribution in [0.5, 0.6) is 0 Å². The van der Waals surface area contributed by atoms with Gasteiger partial charge < -0.3 is 15.0 Å². The summed E-state index contributed by atoms with van der Waals surface area (Å²) in [7, 11) is 2.17. The van der Waals surface area contributed by atoms with Crippen LogP contribution in [0.2, 0.25) is 0 Å². The fourth-order valence-corrected chi connectivity index (χ4v) is 3.21. The quantitative estimate of drug-likeness (QED) is 0.887.